The summed E-state index contributed by atoms with van der Waals surface area (Å²) in [4.78, 5) is 21.1. The van der Waals surface area contributed by atoms with Crippen LogP contribution in [0.3, 0.4) is 0 Å². The summed E-state index contributed by atoms with van der Waals surface area (Å²) in [6.07, 6.45) is 26.5. The van der Waals surface area contributed by atoms with Crippen LogP contribution in [-0.2, 0) is 24.1 Å². The first-order valence-electron chi connectivity index (χ1n) is 20.5. The molecule has 3 atom stereocenters. The van der Waals surface area contributed by atoms with Crippen molar-refractivity contribution in [2.45, 2.75) is 71.3 Å². The average Bonchev–Trinajstić information content (AvgIpc) is 3.95. The van der Waals surface area contributed by atoms with E-state index in [1.54, 1.807) is 21.8 Å². The Labute approximate surface area is 376 Å². The van der Waals surface area contributed by atoms with E-state index in [0.29, 0.717) is 24.3 Å². The van der Waals surface area contributed by atoms with E-state index in [9.17, 15) is 0 Å². The molecule has 0 fully saturated rings. The molecular formula is C47H61ClN12Os+. The maximum atomic E-state index is 5.67. The van der Waals surface area contributed by atoms with Gasteiger partial charge in [0, 0.05) is 113 Å². The molecule has 0 bridgehead atoms. The van der Waals surface area contributed by atoms with Gasteiger partial charge in [0.25, 0.3) is 0 Å². The molecular weight excluding hydrogens is 958 g/mol. The average molecular weight is 1020 g/mol. The summed E-state index contributed by atoms with van der Waals surface area (Å²) in [5, 5.41) is 8.44. The number of hydrogen-bond acceptors (Lipinski definition) is 9. The first-order chi connectivity index (χ1) is 29.5. The van der Waals surface area contributed by atoms with E-state index in [1.807, 2.05) is 126 Å². The van der Waals surface area contributed by atoms with Gasteiger partial charge in [0.2, 0.25) is 0 Å². The van der Waals surface area contributed by atoms with Gasteiger partial charge in [-0.1, -0.05) is 13.8 Å². The molecule has 323 valence electrons. The van der Waals surface area contributed by atoms with E-state index in [-0.39, 0.29) is 0 Å². The Kier molecular flexibility index (Phi) is 20.1. The number of nitrogens with zero attached hydrogens (tertiary/aromatic N) is 11. The molecule has 12 nitrogen and oxygen atoms in total. The Morgan fingerprint density at radius 1 is 0.656 bits per heavy atom. The molecule has 14 heteroatoms. The molecule has 0 saturated heterocycles. The van der Waals surface area contributed by atoms with Gasteiger partial charge in [-0.25, -0.2) is 23.9 Å². The van der Waals surface area contributed by atoms with Gasteiger partial charge in [0.05, 0.1) is 18.9 Å². The van der Waals surface area contributed by atoms with E-state index in [1.165, 1.54) is 34.3 Å². The zero-order valence-electron chi connectivity index (χ0n) is 36.7. The second-order valence-corrected chi connectivity index (χ2v) is 15.4. The molecule has 0 aliphatic rings. The van der Waals surface area contributed by atoms with Crippen molar-refractivity contribution >= 4 is 21.0 Å². The van der Waals surface area contributed by atoms with Crippen molar-refractivity contribution in [2.24, 2.45) is 5.73 Å². The molecule has 2 N–H and O–H groups in total. The predicted molar refractivity (Wildman–Crippen MR) is 244 cm³/mol. The quantitative estimate of drug-likeness (QED) is 0.107. The number of halogens is 1. The Morgan fingerprint density at radius 3 is 1.51 bits per heavy atom. The number of aromatic nitrogens is 9. The van der Waals surface area contributed by atoms with E-state index in [4.69, 9.17) is 5.73 Å². The third kappa shape index (κ3) is 15.3. The van der Waals surface area contributed by atoms with Crippen LogP contribution in [0, 0.1) is 13.8 Å². The number of nitrogens with two attached hydrogens (primary N) is 1. The number of hydrogen-bond donors (Lipinski definition) is 1. The third-order valence-electron chi connectivity index (χ3n) is 10.3. The van der Waals surface area contributed by atoms with Crippen LogP contribution in [0.25, 0.3) is 11.6 Å². The zero-order chi connectivity index (χ0) is 44.1. The molecule has 7 aromatic rings. The number of anilines is 2. The van der Waals surface area contributed by atoms with Crippen molar-refractivity contribution in [2.75, 3.05) is 44.5 Å². The Hall–Kier alpha value is -5.34. The summed E-state index contributed by atoms with van der Waals surface area (Å²) in [6, 6.07) is 21.1. The van der Waals surface area contributed by atoms with Gasteiger partial charge >= 0.3 is 27.2 Å². The van der Waals surface area contributed by atoms with Gasteiger partial charge in [0.15, 0.2) is 30.6 Å². The van der Waals surface area contributed by atoms with Crippen molar-refractivity contribution in [3.63, 3.8) is 0 Å². The van der Waals surface area contributed by atoms with Crippen LogP contribution in [0.1, 0.15) is 78.7 Å². The standard InChI is InChI=1S/C25H33N4.2C11H14N4.ClH.Os/c1-3-21(23-4-11-27-12-5-23)19-25(24-6-13-28-14-7-24)18-20(2)22-8-15-29(16-9-22)17-10-26;2*1-9-7-13-15(8-9)11-6-10(14(2)3)4-5-12-11;;/h4-9,11-16,20-21,25H,3,10,17-19,26H2,1-2H3;2*4-8H,1-3H3;1H;/q+1;;;;+1/p-1. The van der Waals surface area contributed by atoms with Crippen molar-refractivity contribution in [1.29, 1.82) is 0 Å². The fraction of sp³-hybridized carbons (Fsp3) is 0.340. The SMILES string of the molecule is CCC(CC(CC(C)c1cc[n+](CCN)cc1)c1ccncc1)c1ccncc1.Cc1cnn(-c2cc(N(C)C)ccn2)c1.Cc1cnn(-c2cc(N(C)C)ccn2)c1.[Cl][Os]. The second kappa shape index (κ2) is 25.4. The normalized spacial score (nSPS) is 12.0. The van der Waals surface area contributed by atoms with Gasteiger partial charge in [0.1, 0.15) is 0 Å². The molecule has 3 unspecified atom stereocenters. The molecule has 7 heterocycles. The number of pyridine rings is 5. The summed E-state index contributed by atoms with van der Waals surface area (Å²) in [5.74, 6) is 3.19. The molecule has 7 rings (SSSR count). The van der Waals surface area contributed by atoms with Crippen LogP contribution in [0.15, 0.2) is 135 Å². The van der Waals surface area contributed by atoms with Gasteiger partial charge in [-0.15, -0.1) is 0 Å². The van der Waals surface area contributed by atoms with Crippen LogP contribution < -0.4 is 20.1 Å². The minimum atomic E-state index is 0.482. The third-order valence-corrected chi connectivity index (χ3v) is 10.3. The Balaban J connectivity index is 0.000000215. The molecule has 0 aliphatic carbocycles. The molecule has 0 radical (unpaired) electrons. The fourth-order valence-corrected chi connectivity index (χ4v) is 6.88. The molecule has 0 spiro atoms. The van der Waals surface area contributed by atoms with Gasteiger partial charge in [-0.2, -0.15) is 10.2 Å². The van der Waals surface area contributed by atoms with Gasteiger partial charge < -0.3 is 15.5 Å². The molecule has 0 saturated carbocycles. The van der Waals surface area contributed by atoms with Gasteiger partial charge in [-0.3, -0.25) is 9.97 Å². The maximum absolute atomic E-state index is 5.67. The monoisotopic (exact) mass is 1020 g/mol. The van der Waals surface area contributed by atoms with E-state index in [2.05, 4.69) is 107 Å². The van der Waals surface area contributed by atoms with E-state index >= 15 is 0 Å². The minimum absolute atomic E-state index is 0.482. The van der Waals surface area contributed by atoms with Crippen molar-refractivity contribution in [3.8, 4) is 11.6 Å². The van der Waals surface area contributed by atoms with Crippen LogP contribution in [-0.4, -0.2) is 74.2 Å². The first kappa shape index (κ1) is 48.3. The summed E-state index contributed by atoms with van der Waals surface area (Å²) in [5.41, 5.74) is 14.3. The van der Waals surface area contributed by atoms with Crippen LogP contribution in [0.4, 0.5) is 11.4 Å². The van der Waals surface area contributed by atoms with Crippen LogP contribution in [0.2, 0.25) is 0 Å². The topological polar surface area (TPSA) is 124 Å². The molecule has 0 aliphatic heterocycles. The van der Waals surface area contributed by atoms with Crippen LogP contribution >= 0.6 is 9.64 Å². The Morgan fingerprint density at radius 2 is 1.11 bits per heavy atom. The van der Waals surface area contributed by atoms with E-state index in [0.717, 1.165) is 59.9 Å². The molecule has 7 aromatic heterocycles. The first-order valence-corrected chi connectivity index (χ1v) is 23.6. The number of aryl methyl sites for hydroxylation is 2. The van der Waals surface area contributed by atoms with Crippen molar-refractivity contribution in [1.82, 2.24) is 39.5 Å². The fourth-order valence-electron chi connectivity index (χ4n) is 6.88. The van der Waals surface area contributed by atoms with Crippen molar-refractivity contribution < 1.29 is 22.2 Å². The summed E-state index contributed by atoms with van der Waals surface area (Å²) in [7, 11) is 12.7. The molecule has 0 aromatic carbocycles. The van der Waals surface area contributed by atoms with Gasteiger partial charge in [-0.05, 0) is 115 Å². The molecule has 0 amide bonds. The van der Waals surface area contributed by atoms with Crippen LogP contribution in [0.5, 0.6) is 0 Å². The van der Waals surface area contributed by atoms with Crippen molar-refractivity contribution in [3.05, 3.63) is 163 Å². The summed E-state index contributed by atoms with van der Waals surface area (Å²) in [6.45, 7) is 10.2. The predicted octanol–water partition coefficient (Wildman–Crippen LogP) is 8.55. The number of rotatable bonds is 14. The molecule has 61 heavy (non-hydrogen) atoms. The summed E-state index contributed by atoms with van der Waals surface area (Å²) < 4.78 is 5.71. The summed E-state index contributed by atoms with van der Waals surface area (Å²) >= 11 is 1.33. The second-order valence-electron chi connectivity index (χ2n) is 15.4. The zero-order valence-corrected chi connectivity index (χ0v) is 40.0. The van der Waals surface area contributed by atoms with E-state index < -0.39 is 0 Å². The Bertz CT molecular complexity index is 2180.